The first-order chi connectivity index (χ1) is 16.9. The van der Waals surface area contributed by atoms with Gasteiger partial charge in [-0.2, -0.15) is 6.67 Å². The minimum atomic E-state index is -1.73. The molecule has 0 aliphatic carbocycles. The number of para-hydroxylation sites is 2. The van der Waals surface area contributed by atoms with Gasteiger partial charge in [-0.25, -0.2) is 0 Å². The summed E-state index contributed by atoms with van der Waals surface area (Å²) in [6.07, 6.45) is 0. The van der Waals surface area contributed by atoms with Gasteiger partial charge in [-0.1, -0.05) is 36.4 Å². The molecular weight excluding hydrogens is 562 g/mol. The van der Waals surface area contributed by atoms with E-state index in [4.69, 9.17) is 19.4 Å². The molecule has 6 heteroatoms. The van der Waals surface area contributed by atoms with Crippen LogP contribution in [0.2, 0.25) is 0 Å². The molecule has 3 aromatic rings. The zero-order chi connectivity index (χ0) is 25.2. The number of rotatable bonds is 7. The molecule has 1 aliphatic rings. The normalized spacial score (nSPS) is 13.5. The number of hydrogen-bond acceptors (Lipinski definition) is 3. The summed E-state index contributed by atoms with van der Waals surface area (Å²) in [5, 5.41) is 0. The second-order valence-electron chi connectivity index (χ2n) is 8.54. The van der Waals surface area contributed by atoms with Gasteiger partial charge in [0.25, 0.3) is 0 Å². The van der Waals surface area contributed by atoms with Crippen LogP contribution >= 0.6 is 19.4 Å². The number of nitrogens with zero attached hydrogens (tertiary/aromatic N) is 3. The van der Waals surface area contributed by atoms with Crippen LogP contribution in [0.1, 0.15) is 36.1 Å². The first kappa shape index (κ1) is 27.9. The van der Waals surface area contributed by atoms with E-state index < -0.39 is 13.5 Å². The number of hydrogen-bond donors (Lipinski definition) is 0. The molecule has 0 bridgehead atoms. The van der Waals surface area contributed by atoms with Crippen LogP contribution < -0.4 is 9.80 Å². The fourth-order valence-electron chi connectivity index (χ4n) is 4.18. The SMILES string of the molecule is CCN(CC)Cc1ccccc1[CH]=[Ru]([Cl])[Cl].Cc1ccccc1N1[CH-]N(c2ccccc2C)CC1. The smallest absolute Gasteiger partial charge is 0.0116 e. The number of anilines is 2. The Balaban J connectivity index is 0.000000199. The standard InChI is InChI=1S/C17H19N2.C12H17N.2ClH.Ru/c1-14-7-3-5-9-16(14)18-11-12-19(13-18)17-10-6-4-8-15(17)2;1-4-13(5-2)10-12-9-7-6-8-11(12)3;;;/h3-10,13H,11-12H2,1-2H3;3,6-9H,4-5,10H2,1-2H3;2*1H;/q-1;;;;+2/p-2. The Morgan fingerprint density at radius 2 is 1.29 bits per heavy atom. The molecule has 0 spiro atoms. The van der Waals surface area contributed by atoms with Gasteiger partial charge in [0.15, 0.2) is 0 Å². The van der Waals surface area contributed by atoms with E-state index in [1.54, 1.807) is 0 Å². The topological polar surface area (TPSA) is 9.72 Å². The first-order valence-electron chi connectivity index (χ1n) is 12.1. The molecule has 0 unspecified atom stereocenters. The fourth-order valence-corrected chi connectivity index (χ4v) is 6.07. The molecule has 1 fully saturated rings. The Labute approximate surface area is 224 Å². The largest absolute Gasteiger partial charge is 0.502 e. The average molecular weight is 599 g/mol. The molecule has 3 nitrogen and oxygen atoms in total. The number of benzene rings is 3. The van der Waals surface area contributed by atoms with Gasteiger partial charge >= 0.3 is 111 Å². The van der Waals surface area contributed by atoms with Crippen molar-refractivity contribution in [3.05, 3.63) is 102 Å². The van der Waals surface area contributed by atoms with Gasteiger partial charge in [0.05, 0.1) is 0 Å². The van der Waals surface area contributed by atoms with Crippen molar-refractivity contribution < 1.29 is 13.5 Å². The Hall–Kier alpha value is -1.71. The molecule has 0 saturated carbocycles. The third-order valence-electron chi connectivity index (χ3n) is 6.24. The Morgan fingerprint density at radius 3 is 1.77 bits per heavy atom. The molecular formula is C29H36Cl2N3Ru-. The Bertz CT molecular complexity index is 1060. The van der Waals surface area contributed by atoms with Gasteiger partial charge in [0, 0.05) is 24.5 Å². The maximum absolute atomic E-state index is 5.93. The van der Waals surface area contributed by atoms with Crippen molar-refractivity contribution >= 4 is 35.4 Å². The zero-order valence-corrected chi connectivity index (χ0v) is 24.3. The second kappa shape index (κ2) is 14.1. The zero-order valence-electron chi connectivity index (χ0n) is 21.1. The van der Waals surface area contributed by atoms with E-state index in [1.165, 1.54) is 33.6 Å². The van der Waals surface area contributed by atoms with Crippen LogP contribution in [0.25, 0.3) is 0 Å². The number of halogens is 2. The van der Waals surface area contributed by atoms with Gasteiger partial charge in [0.2, 0.25) is 0 Å². The van der Waals surface area contributed by atoms with Gasteiger partial charge < -0.3 is 9.80 Å². The van der Waals surface area contributed by atoms with E-state index in [0.29, 0.717) is 0 Å². The molecule has 0 N–H and O–H groups in total. The molecule has 0 atom stereocenters. The van der Waals surface area contributed by atoms with Crippen LogP contribution in [0.3, 0.4) is 0 Å². The van der Waals surface area contributed by atoms with Crippen molar-refractivity contribution in [2.75, 3.05) is 36.0 Å². The van der Waals surface area contributed by atoms with Crippen LogP contribution in [0.5, 0.6) is 0 Å². The van der Waals surface area contributed by atoms with Crippen molar-refractivity contribution in [3.63, 3.8) is 0 Å². The predicted octanol–water partition coefficient (Wildman–Crippen LogP) is 7.35. The van der Waals surface area contributed by atoms with Gasteiger partial charge in [-0.3, -0.25) is 0 Å². The molecule has 35 heavy (non-hydrogen) atoms. The third-order valence-corrected chi connectivity index (χ3v) is 8.07. The monoisotopic (exact) mass is 598 g/mol. The summed E-state index contributed by atoms with van der Waals surface area (Å²) in [6.45, 7) is 16.1. The van der Waals surface area contributed by atoms with E-state index in [-0.39, 0.29) is 0 Å². The van der Waals surface area contributed by atoms with E-state index in [9.17, 15) is 0 Å². The van der Waals surface area contributed by atoms with Crippen molar-refractivity contribution in [1.29, 1.82) is 0 Å². The molecule has 0 aromatic heterocycles. The summed E-state index contributed by atoms with van der Waals surface area (Å²) in [6, 6.07) is 25.4. The molecule has 1 heterocycles. The second-order valence-corrected chi connectivity index (χ2v) is 14.3. The van der Waals surface area contributed by atoms with Crippen LogP contribution in [0, 0.1) is 20.5 Å². The maximum Gasteiger partial charge on any atom is 0.0116 e. The molecule has 190 valence electrons. The van der Waals surface area contributed by atoms with Crippen molar-refractivity contribution in [2.24, 2.45) is 0 Å². The van der Waals surface area contributed by atoms with Crippen LogP contribution in [-0.2, 0) is 20.1 Å². The van der Waals surface area contributed by atoms with Crippen LogP contribution in [0.4, 0.5) is 11.4 Å². The van der Waals surface area contributed by atoms with Gasteiger partial charge in [0.1, 0.15) is 0 Å². The van der Waals surface area contributed by atoms with Crippen molar-refractivity contribution in [3.8, 4) is 0 Å². The van der Waals surface area contributed by atoms with E-state index in [2.05, 4.69) is 116 Å². The first-order valence-corrected chi connectivity index (χ1v) is 17.5. The molecule has 1 saturated heterocycles. The van der Waals surface area contributed by atoms with E-state index >= 15 is 0 Å². The third kappa shape index (κ3) is 8.15. The van der Waals surface area contributed by atoms with Gasteiger partial charge in [-0.05, 0) is 37.1 Å². The molecule has 4 rings (SSSR count). The Morgan fingerprint density at radius 1 is 0.800 bits per heavy atom. The molecule has 3 aromatic carbocycles. The summed E-state index contributed by atoms with van der Waals surface area (Å²) < 4.78 is 2.02. The Kier molecular flexibility index (Phi) is 11.3. The minimum absolute atomic E-state index is 0.968. The summed E-state index contributed by atoms with van der Waals surface area (Å²) in [4.78, 5) is 7.05. The molecule has 1 aliphatic heterocycles. The fraction of sp³-hybridized carbons (Fsp3) is 0.310. The van der Waals surface area contributed by atoms with Crippen LogP contribution in [-0.4, -0.2) is 35.7 Å². The van der Waals surface area contributed by atoms with E-state index in [1.807, 2.05) is 10.7 Å². The summed E-state index contributed by atoms with van der Waals surface area (Å²) >= 11 is -1.73. The minimum Gasteiger partial charge on any atom is -0.502 e. The summed E-state index contributed by atoms with van der Waals surface area (Å²) in [5.41, 5.74) is 7.76. The quantitative estimate of drug-likeness (QED) is 0.208. The van der Waals surface area contributed by atoms with Crippen molar-refractivity contribution in [1.82, 2.24) is 4.90 Å². The summed E-state index contributed by atoms with van der Waals surface area (Å²) in [7, 11) is 11.9. The van der Waals surface area contributed by atoms with Crippen molar-refractivity contribution in [2.45, 2.75) is 34.2 Å². The molecule has 0 amide bonds. The van der Waals surface area contributed by atoms with Crippen LogP contribution in [0.15, 0.2) is 72.8 Å². The predicted molar refractivity (Wildman–Crippen MR) is 151 cm³/mol. The van der Waals surface area contributed by atoms with E-state index in [0.717, 1.165) is 32.7 Å². The summed E-state index contributed by atoms with van der Waals surface area (Å²) in [5.74, 6) is 0. The average Bonchev–Trinajstić information content (AvgIpc) is 3.34. The maximum atomic E-state index is 5.93. The van der Waals surface area contributed by atoms with Gasteiger partial charge in [-0.15, -0.1) is 0 Å². The molecule has 0 radical (unpaired) electrons. The number of aryl methyl sites for hydroxylation is 2.